The smallest absolute Gasteiger partial charge is 0.220 e. The second-order valence-electron chi connectivity index (χ2n) is 19.0. The summed E-state index contributed by atoms with van der Waals surface area (Å²) >= 11 is 0. The lowest BCUT2D eigenvalue weighted by Gasteiger charge is -2.22. The SMILES string of the molecule is CCCCCCCCCCC/C=C\C/C=C\CCCCCCCCCCCCCCCCCCCC(=O)NC(CO)C(O)CCCCCCCCCCCCCCCCC. The quantitative estimate of drug-likeness (QED) is 0.0422. The molecule has 60 heavy (non-hydrogen) atoms. The summed E-state index contributed by atoms with van der Waals surface area (Å²) in [5, 5.41) is 23.3. The average molecular weight is 844 g/mol. The summed E-state index contributed by atoms with van der Waals surface area (Å²) in [6, 6.07) is -0.533. The number of carbonyl (C=O) groups excluding carboxylic acids is 1. The van der Waals surface area contributed by atoms with E-state index in [1.165, 1.54) is 250 Å². The van der Waals surface area contributed by atoms with Crippen molar-refractivity contribution in [3.8, 4) is 0 Å². The van der Waals surface area contributed by atoms with Crippen molar-refractivity contribution in [3.05, 3.63) is 24.3 Å². The van der Waals surface area contributed by atoms with Gasteiger partial charge < -0.3 is 15.5 Å². The summed E-state index contributed by atoms with van der Waals surface area (Å²) in [4.78, 5) is 12.5. The molecule has 4 nitrogen and oxygen atoms in total. The first-order valence-electron chi connectivity index (χ1n) is 27.5. The second-order valence-corrected chi connectivity index (χ2v) is 19.0. The van der Waals surface area contributed by atoms with Crippen LogP contribution in [0.5, 0.6) is 0 Å². The van der Waals surface area contributed by atoms with E-state index in [1.54, 1.807) is 0 Å². The van der Waals surface area contributed by atoms with E-state index in [0.29, 0.717) is 12.8 Å². The third kappa shape index (κ3) is 47.9. The zero-order valence-corrected chi connectivity index (χ0v) is 41.0. The number of rotatable bonds is 51. The summed E-state index contributed by atoms with van der Waals surface area (Å²) in [5.41, 5.74) is 0. The van der Waals surface area contributed by atoms with E-state index < -0.39 is 12.1 Å². The van der Waals surface area contributed by atoms with Crippen LogP contribution in [-0.2, 0) is 4.79 Å². The molecule has 0 aliphatic carbocycles. The molecule has 0 spiro atoms. The molecular weight excluding hydrogens is 735 g/mol. The number of unbranched alkanes of at least 4 members (excludes halogenated alkanes) is 40. The number of nitrogens with one attached hydrogen (secondary N) is 1. The van der Waals surface area contributed by atoms with Crippen molar-refractivity contribution in [2.75, 3.05) is 6.61 Å². The van der Waals surface area contributed by atoms with Gasteiger partial charge in [-0.1, -0.05) is 282 Å². The van der Waals surface area contributed by atoms with Crippen LogP contribution < -0.4 is 5.32 Å². The maximum atomic E-state index is 12.5. The minimum atomic E-state index is -0.657. The van der Waals surface area contributed by atoms with Crippen LogP contribution in [0.15, 0.2) is 24.3 Å². The Kier molecular flexibility index (Phi) is 51.2. The van der Waals surface area contributed by atoms with Crippen LogP contribution in [0.25, 0.3) is 0 Å². The van der Waals surface area contributed by atoms with Crippen LogP contribution in [0, 0.1) is 0 Å². The summed E-state index contributed by atoms with van der Waals surface area (Å²) in [5.74, 6) is -0.0267. The third-order valence-electron chi connectivity index (χ3n) is 13.0. The molecule has 0 rings (SSSR count). The highest BCUT2D eigenvalue weighted by Crippen LogP contribution is 2.17. The van der Waals surface area contributed by atoms with Crippen molar-refractivity contribution in [1.29, 1.82) is 0 Å². The molecule has 356 valence electrons. The number of hydrogen-bond acceptors (Lipinski definition) is 3. The van der Waals surface area contributed by atoms with Crippen LogP contribution in [0.2, 0.25) is 0 Å². The standard InChI is InChI=1S/C56H109NO3/c1-3-5-7-9-11-13-15-17-19-20-21-22-23-24-25-26-27-28-29-30-31-32-33-34-35-36-38-40-42-44-46-48-50-52-56(60)57-54(53-58)55(59)51-49-47-45-43-41-39-37-18-16-14-12-10-8-6-4-2/h21-22,24-25,54-55,58-59H,3-20,23,26-53H2,1-2H3,(H,57,60)/b22-21-,25-24-. The fourth-order valence-corrected chi connectivity index (χ4v) is 8.75. The van der Waals surface area contributed by atoms with Gasteiger partial charge in [0, 0.05) is 6.42 Å². The fourth-order valence-electron chi connectivity index (χ4n) is 8.75. The fraction of sp³-hybridized carbons (Fsp3) is 0.911. The lowest BCUT2D eigenvalue weighted by Crippen LogP contribution is -2.45. The molecular formula is C56H109NO3. The number of amides is 1. The van der Waals surface area contributed by atoms with Gasteiger partial charge in [0.2, 0.25) is 5.91 Å². The zero-order chi connectivity index (χ0) is 43.5. The number of hydrogen-bond donors (Lipinski definition) is 3. The molecule has 3 N–H and O–H groups in total. The highest BCUT2D eigenvalue weighted by Gasteiger charge is 2.20. The monoisotopic (exact) mass is 844 g/mol. The van der Waals surface area contributed by atoms with E-state index in [2.05, 4.69) is 43.5 Å². The van der Waals surface area contributed by atoms with E-state index in [1.807, 2.05) is 0 Å². The predicted molar refractivity (Wildman–Crippen MR) is 267 cm³/mol. The van der Waals surface area contributed by atoms with E-state index in [-0.39, 0.29) is 12.5 Å². The first kappa shape index (κ1) is 58.9. The summed E-state index contributed by atoms with van der Waals surface area (Å²) < 4.78 is 0. The van der Waals surface area contributed by atoms with Crippen LogP contribution >= 0.6 is 0 Å². The third-order valence-corrected chi connectivity index (χ3v) is 13.0. The maximum Gasteiger partial charge on any atom is 0.220 e. The molecule has 0 heterocycles. The molecule has 0 aliphatic heterocycles. The molecule has 0 bridgehead atoms. The van der Waals surface area contributed by atoms with Gasteiger partial charge in [-0.15, -0.1) is 0 Å². The Morgan fingerprint density at radius 3 is 1.00 bits per heavy atom. The number of aliphatic hydroxyl groups excluding tert-OH is 2. The van der Waals surface area contributed by atoms with Gasteiger partial charge in [0.1, 0.15) is 0 Å². The van der Waals surface area contributed by atoms with Gasteiger partial charge in [0.25, 0.3) is 0 Å². The van der Waals surface area contributed by atoms with Crippen molar-refractivity contribution in [3.63, 3.8) is 0 Å². The molecule has 4 heteroatoms. The Morgan fingerprint density at radius 2 is 0.683 bits per heavy atom. The first-order chi connectivity index (χ1) is 29.7. The van der Waals surface area contributed by atoms with Gasteiger partial charge in [-0.2, -0.15) is 0 Å². The molecule has 2 unspecified atom stereocenters. The normalized spacial score (nSPS) is 12.9. The van der Waals surface area contributed by atoms with Gasteiger partial charge >= 0.3 is 0 Å². The van der Waals surface area contributed by atoms with Crippen molar-refractivity contribution in [2.24, 2.45) is 0 Å². The maximum absolute atomic E-state index is 12.5. The molecule has 0 saturated carbocycles. The molecule has 0 aromatic heterocycles. The number of carbonyl (C=O) groups is 1. The van der Waals surface area contributed by atoms with Crippen LogP contribution in [0.3, 0.4) is 0 Å². The van der Waals surface area contributed by atoms with Crippen LogP contribution in [-0.4, -0.2) is 34.9 Å². The minimum absolute atomic E-state index is 0.0267. The van der Waals surface area contributed by atoms with Crippen LogP contribution in [0.4, 0.5) is 0 Å². The molecule has 2 atom stereocenters. The second kappa shape index (κ2) is 52.2. The Labute approximate surface area is 377 Å². The van der Waals surface area contributed by atoms with E-state index in [9.17, 15) is 15.0 Å². The largest absolute Gasteiger partial charge is 0.394 e. The van der Waals surface area contributed by atoms with Gasteiger partial charge in [-0.25, -0.2) is 0 Å². The molecule has 0 saturated heterocycles. The number of aliphatic hydroxyl groups is 2. The zero-order valence-electron chi connectivity index (χ0n) is 41.0. The summed E-state index contributed by atoms with van der Waals surface area (Å²) in [6.45, 7) is 4.38. The predicted octanol–water partition coefficient (Wildman–Crippen LogP) is 17.9. The lowest BCUT2D eigenvalue weighted by atomic mass is 10.0. The van der Waals surface area contributed by atoms with Crippen molar-refractivity contribution < 1.29 is 15.0 Å². The summed E-state index contributed by atoms with van der Waals surface area (Å²) in [7, 11) is 0. The van der Waals surface area contributed by atoms with Gasteiger partial charge in [0.15, 0.2) is 0 Å². The Morgan fingerprint density at radius 1 is 0.400 bits per heavy atom. The van der Waals surface area contributed by atoms with E-state index >= 15 is 0 Å². The van der Waals surface area contributed by atoms with E-state index in [0.717, 1.165) is 32.1 Å². The van der Waals surface area contributed by atoms with Gasteiger partial charge in [-0.3, -0.25) is 4.79 Å². The molecule has 0 aromatic rings. The highest BCUT2D eigenvalue weighted by molar-refractivity contribution is 5.76. The molecule has 0 fully saturated rings. The Balaban J connectivity index is 3.41. The molecule has 0 aromatic carbocycles. The molecule has 0 radical (unpaired) electrons. The van der Waals surface area contributed by atoms with Crippen molar-refractivity contribution in [1.82, 2.24) is 5.32 Å². The topological polar surface area (TPSA) is 69.6 Å². The molecule has 0 aliphatic rings. The Bertz CT molecular complexity index is 871. The van der Waals surface area contributed by atoms with E-state index in [4.69, 9.17) is 0 Å². The Hall–Kier alpha value is -1.13. The lowest BCUT2D eigenvalue weighted by molar-refractivity contribution is -0.123. The van der Waals surface area contributed by atoms with Gasteiger partial charge in [-0.05, 0) is 44.9 Å². The highest BCUT2D eigenvalue weighted by atomic mass is 16.3. The minimum Gasteiger partial charge on any atom is -0.394 e. The number of allylic oxidation sites excluding steroid dienone is 4. The van der Waals surface area contributed by atoms with Crippen LogP contribution in [0.1, 0.15) is 309 Å². The molecule has 1 amide bonds. The summed E-state index contributed by atoms with van der Waals surface area (Å²) in [6.07, 6.45) is 68.8. The average Bonchev–Trinajstić information content (AvgIpc) is 3.25. The first-order valence-corrected chi connectivity index (χ1v) is 27.5. The van der Waals surface area contributed by atoms with Crippen molar-refractivity contribution in [2.45, 2.75) is 321 Å². The van der Waals surface area contributed by atoms with Gasteiger partial charge in [0.05, 0.1) is 18.8 Å². The van der Waals surface area contributed by atoms with Crippen molar-refractivity contribution >= 4 is 5.91 Å².